The highest BCUT2D eigenvalue weighted by Gasteiger charge is 2.16. The lowest BCUT2D eigenvalue weighted by Gasteiger charge is -2.12. The third-order valence-electron chi connectivity index (χ3n) is 3.62. The minimum atomic E-state index is -0.824. The minimum absolute atomic E-state index is 0.423. The third-order valence-corrected chi connectivity index (χ3v) is 3.94. The molecule has 1 unspecified atom stereocenters. The molecule has 0 radical (unpaired) electrons. The van der Waals surface area contributed by atoms with Crippen LogP contribution in [-0.2, 0) is 18.3 Å². The van der Waals surface area contributed by atoms with Gasteiger partial charge in [0.25, 0.3) is 0 Å². The number of hydrogen-bond acceptors (Lipinski definition) is 3. The molecule has 0 saturated heterocycles. The molecule has 0 aliphatic rings. The van der Waals surface area contributed by atoms with Crippen molar-refractivity contribution in [1.29, 1.82) is 0 Å². The van der Waals surface area contributed by atoms with Crippen LogP contribution in [0.1, 0.15) is 23.7 Å². The van der Waals surface area contributed by atoms with Gasteiger partial charge in [-0.25, -0.2) is 4.68 Å². The van der Waals surface area contributed by atoms with Crippen molar-refractivity contribution < 1.29 is 14.6 Å². The van der Waals surface area contributed by atoms with Crippen LogP contribution in [0, 0.1) is 19.8 Å². The maximum absolute atomic E-state index is 11.0. The van der Waals surface area contributed by atoms with Crippen LogP contribution in [-0.4, -0.2) is 20.9 Å². The second-order valence-corrected chi connectivity index (χ2v) is 5.86. The molecule has 1 aromatic heterocycles. The first-order valence-corrected chi connectivity index (χ1v) is 7.36. The zero-order valence-electron chi connectivity index (χ0n) is 13.1. The van der Waals surface area contributed by atoms with Crippen molar-refractivity contribution in [2.75, 3.05) is 0 Å². The summed E-state index contributed by atoms with van der Waals surface area (Å²) in [5.74, 6) is -0.157. The third kappa shape index (κ3) is 3.42. The van der Waals surface area contributed by atoms with Crippen molar-refractivity contribution in [3.05, 3.63) is 40.0 Å². The van der Waals surface area contributed by atoms with E-state index in [2.05, 4.69) is 5.10 Å². The molecule has 0 bridgehead atoms. The number of aromatic nitrogens is 2. The number of hydrogen-bond donors (Lipinski definition) is 1. The van der Waals surface area contributed by atoms with Crippen molar-refractivity contribution in [3.8, 4) is 11.6 Å². The zero-order valence-corrected chi connectivity index (χ0v) is 13.8. The Labute approximate surface area is 134 Å². The van der Waals surface area contributed by atoms with Gasteiger partial charge in [-0.05, 0) is 38.0 Å². The fourth-order valence-corrected chi connectivity index (χ4v) is 2.34. The van der Waals surface area contributed by atoms with Gasteiger partial charge in [0, 0.05) is 12.6 Å². The SMILES string of the molecule is Cc1nn(C)c(Oc2cc(CC(C)C(=O)O)ccc2Cl)c1C. The molecule has 6 heteroatoms. The van der Waals surface area contributed by atoms with Crippen molar-refractivity contribution in [3.63, 3.8) is 0 Å². The number of carboxylic acid groups (broad SMARTS) is 1. The Kier molecular flexibility index (Phi) is 4.76. The van der Waals surface area contributed by atoms with Crippen LogP contribution in [0.2, 0.25) is 5.02 Å². The van der Waals surface area contributed by atoms with Crippen molar-refractivity contribution in [1.82, 2.24) is 9.78 Å². The number of nitrogens with zero attached hydrogens (tertiary/aromatic N) is 2. The topological polar surface area (TPSA) is 64.4 Å². The van der Waals surface area contributed by atoms with E-state index >= 15 is 0 Å². The molecular weight excluding hydrogens is 304 g/mol. The molecule has 118 valence electrons. The summed E-state index contributed by atoms with van der Waals surface area (Å²) < 4.78 is 7.56. The van der Waals surface area contributed by atoms with E-state index < -0.39 is 11.9 Å². The van der Waals surface area contributed by atoms with Gasteiger partial charge >= 0.3 is 5.97 Å². The Bertz CT molecular complexity index is 710. The molecule has 1 N–H and O–H groups in total. The molecule has 0 spiro atoms. The van der Waals surface area contributed by atoms with Gasteiger partial charge in [0.15, 0.2) is 0 Å². The summed E-state index contributed by atoms with van der Waals surface area (Å²) in [4.78, 5) is 11.0. The van der Waals surface area contributed by atoms with Gasteiger partial charge in [0.05, 0.1) is 16.6 Å². The summed E-state index contributed by atoms with van der Waals surface area (Å²) in [5, 5.41) is 13.8. The van der Waals surface area contributed by atoms with Crippen LogP contribution in [0.15, 0.2) is 18.2 Å². The lowest BCUT2D eigenvalue weighted by molar-refractivity contribution is -0.141. The van der Waals surface area contributed by atoms with E-state index in [-0.39, 0.29) is 0 Å². The number of benzene rings is 1. The molecule has 1 heterocycles. The van der Waals surface area contributed by atoms with E-state index in [0.29, 0.717) is 23.1 Å². The molecule has 5 nitrogen and oxygen atoms in total. The number of aliphatic carboxylic acids is 1. The summed E-state index contributed by atoms with van der Waals surface area (Å²) >= 11 is 6.19. The predicted molar refractivity (Wildman–Crippen MR) is 84.7 cm³/mol. The lowest BCUT2D eigenvalue weighted by atomic mass is 10.0. The first-order chi connectivity index (χ1) is 10.3. The Balaban J connectivity index is 2.29. The number of carbonyl (C=O) groups is 1. The van der Waals surface area contributed by atoms with Gasteiger partial charge in [-0.1, -0.05) is 24.6 Å². The lowest BCUT2D eigenvalue weighted by Crippen LogP contribution is -2.12. The van der Waals surface area contributed by atoms with Gasteiger partial charge in [-0.3, -0.25) is 4.79 Å². The van der Waals surface area contributed by atoms with Crippen molar-refractivity contribution in [2.24, 2.45) is 13.0 Å². The summed E-state index contributed by atoms with van der Waals surface area (Å²) in [7, 11) is 1.81. The molecule has 0 fully saturated rings. The molecular formula is C16H19ClN2O3. The predicted octanol–water partition coefficient (Wildman–Crippen LogP) is 3.75. The van der Waals surface area contributed by atoms with Crippen LogP contribution >= 0.6 is 11.6 Å². The summed E-state index contributed by atoms with van der Waals surface area (Å²) in [6, 6.07) is 5.32. The highest BCUT2D eigenvalue weighted by Crippen LogP contribution is 2.33. The molecule has 2 rings (SSSR count). The monoisotopic (exact) mass is 322 g/mol. The van der Waals surface area contributed by atoms with E-state index in [1.807, 2.05) is 19.9 Å². The van der Waals surface area contributed by atoms with Crippen LogP contribution < -0.4 is 4.74 Å². The molecule has 1 atom stereocenters. The molecule has 2 aromatic rings. The van der Waals surface area contributed by atoms with Crippen LogP contribution in [0.25, 0.3) is 0 Å². The molecule has 0 saturated carbocycles. The Morgan fingerprint density at radius 3 is 2.68 bits per heavy atom. The van der Waals surface area contributed by atoms with Gasteiger partial charge in [0.1, 0.15) is 5.75 Å². The van der Waals surface area contributed by atoms with E-state index in [1.54, 1.807) is 30.8 Å². The number of rotatable bonds is 5. The van der Waals surface area contributed by atoms with Crippen LogP contribution in [0.3, 0.4) is 0 Å². The van der Waals surface area contributed by atoms with Gasteiger partial charge in [0.2, 0.25) is 5.88 Å². The second kappa shape index (κ2) is 6.40. The Morgan fingerprint density at radius 2 is 2.14 bits per heavy atom. The van der Waals surface area contributed by atoms with E-state index in [9.17, 15) is 4.79 Å². The summed E-state index contributed by atoms with van der Waals surface area (Å²) in [6.45, 7) is 5.52. The average molecular weight is 323 g/mol. The molecule has 0 aliphatic heterocycles. The molecule has 22 heavy (non-hydrogen) atoms. The fourth-order valence-electron chi connectivity index (χ4n) is 2.18. The maximum atomic E-state index is 11.0. The molecule has 0 amide bonds. The van der Waals surface area contributed by atoms with Crippen LogP contribution in [0.4, 0.5) is 0 Å². The maximum Gasteiger partial charge on any atom is 0.306 e. The fraction of sp³-hybridized carbons (Fsp3) is 0.375. The minimum Gasteiger partial charge on any atom is -0.481 e. The average Bonchev–Trinajstić information content (AvgIpc) is 2.68. The van der Waals surface area contributed by atoms with Crippen LogP contribution in [0.5, 0.6) is 11.6 Å². The van der Waals surface area contributed by atoms with Gasteiger partial charge in [-0.2, -0.15) is 5.10 Å². The molecule has 0 aliphatic carbocycles. The quantitative estimate of drug-likeness (QED) is 0.910. The first kappa shape index (κ1) is 16.4. The van der Waals surface area contributed by atoms with Crippen molar-refractivity contribution >= 4 is 17.6 Å². The standard InChI is InChI=1S/C16H19ClN2O3/c1-9(16(20)21)7-12-5-6-13(17)14(8-12)22-15-10(2)11(3)18-19(15)4/h5-6,8-9H,7H2,1-4H3,(H,20,21). The highest BCUT2D eigenvalue weighted by atomic mass is 35.5. The van der Waals surface area contributed by atoms with E-state index in [0.717, 1.165) is 16.8 Å². The summed E-state index contributed by atoms with van der Waals surface area (Å²) in [6.07, 6.45) is 0.423. The van der Waals surface area contributed by atoms with Gasteiger partial charge < -0.3 is 9.84 Å². The number of aryl methyl sites for hydroxylation is 2. The number of carboxylic acids is 1. The van der Waals surface area contributed by atoms with Gasteiger partial charge in [-0.15, -0.1) is 0 Å². The van der Waals surface area contributed by atoms with E-state index in [4.69, 9.17) is 21.4 Å². The zero-order chi connectivity index (χ0) is 16.4. The first-order valence-electron chi connectivity index (χ1n) is 6.99. The largest absolute Gasteiger partial charge is 0.481 e. The Hall–Kier alpha value is -2.01. The molecule has 1 aromatic carbocycles. The Morgan fingerprint density at radius 1 is 1.45 bits per heavy atom. The normalized spacial score (nSPS) is 12.2. The summed E-state index contributed by atoms with van der Waals surface area (Å²) in [5.41, 5.74) is 2.71. The smallest absolute Gasteiger partial charge is 0.306 e. The number of ether oxygens (including phenoxy) is 1. The van der Waals surface area contributed by atoms with E-state index in [1.165, 1.54) is 0 Å². The number of halogens is 1. The highest BCUT2D eigenvalue weighted by molar-refractivity contribution is 6.32. The second-order valence-electron chi connectivity index (χ2n) is 5.45. The van der Waals surface area contributed by atoms with Crippen molar-refractivity contribution in [2.45, 2.75) is 27.2 Å².